The molecule has 0 saturated carbocycles. The lowest BCUT2D eigenvalue weighted by Crippen LogP contribution is -2.13. The van der Waals surface area contributed by atoms with Crippen LogP contribution in [-0.4, -0.2) is 29.9 Å². The van der Waals surface area contributed by atoms with Gasteiger partial charge in [0.25, 0.3) is 5.91 Å². The zero-order valence-corrected chi connectivity index (χ0v) is 15.0. The van der Waals surface area contributed by atoms with E-state index in [1.165, 1.54) is 5.56 Å². The Bertz CT molecular complexity index is 879. The van der Waals surface area contributed by atoms with Crippen LogP contribution in [0.15, 0.2) is 54.7 Å². The van der Waals surface area contributed by atoms with Gasteiger partial charge in [-0.05, 0) is 24.6 Å². The lowest BCUT2D eigenvalue weighted by Gasteiger charge is -2.08. The largest absolute Gasteiger partial charge is 0.497 e. The summed E-state index contributed by atoms with van der Waals surface area (Å²) in [7, 11) is 3.09. The van der Waals surface area contributed by atoms with Gasteiger partial charge in [-0.2, -0.15) is 5.10 Å². The molecule has 0 unspecified atom stereocenters. The summed E-state index contributed by atoms with van der Waals surface area (Å²) in [5.74, 6) is 1.32. The number of nitrogens with one attached hydrogen (secondary N) is 1. The fraction of sp³-hybridized carbons (Fsp3) is 0.200. The Kier molecular flexibility index (Phi) is 5.22. The normalized spacial score (nSPS) is 10.4. The minimum atomic E-state index is -0.275. The first-order chi connectivity index (χ1) is 12.6. The maximum Gasteiger partial charge on any atom is 0.257 e. The molecule has 1 N–H and O–H groups in total. The van der Waals surface area contributed by atoms with Crippen molar-refractivity contribution in [3.05, 3.63) is 71.4 Å². The number of methoxy groups -OCH3 is 2. The van der Waals surface area contributed by atoms with Crippen LogP contribution >= 0.6 is 0 Å². The third-order valence-electron chi connectivity index (χ3n) is 3.96. The van der Waals surface area contributed by atoms with Crippen LogP contribution in [0.1, 0.15) is 21.5 Å². The molecule has 1 heterocycles. The summed E-state index contributed by atoms with van der Waals surface area (Å²) in [5, 5.41) is 7.19. The number of rotatable bonds is 6. The summed E-state index contributed by atoms with van der Waals surface area (Å²) < 4.78 is 12.2. The van der Waals surface area contributed by atoms with Gasteiger partial charge in [0.15, 0.2) is 5.82 Å². The predicted octanol–water partition coefficient (Wildman–Crippen LogP) is 3.51. The third kappa shape index (κ3) is 4.22. The van der Waals surface area contributed by atoms with Gasteiger partial charge in [-0.15, -0.1) is 0 Å². The molecule has 6 heteroatoms. The molecule has 2 aromatic carbocycles. The van der Waals surface area contributed by atoms with Crippen LogP contribution in [-0.2, 0) is 6.54 Å². The van der Waals surface area contributed by atoms with E-state index in [-0.39, 0.29) is 5.91 Å². The number of ether oxygens (including phenoxy) is 2. The van der Waals surface area contributed by atoms with Gasteiger partial charge in [-0.25, -0.2) is 0 Å². The lowest BCUT2D eigenvalue weighted by molar-refractivity contribution is 0.102. The Morgan fingerprint density at radius 1 is 1.04 bits per heavy atom. The molecule has 0 radical (unpaired) electrons. The zero-order chi connectivity index (χ0) is 18.5. The summed E-state index contributed by atoms with van der Waals surface area (Å²) in [6.07, 6.45) is 1.83. The van der Waals surface area contributed by atoms with Crippen LogP contribution < -0.4 is 14.8 Å². The van der Waals surface area contributed by atoms with E-state index in [1.54, 1.807) is 43.2 Å². The smallest absolute Gasteiger partial charge is 0.257 e. The quantitative estimate of drug-likeness (QED) is 0.738. The highest BCUT2D eigenvalue weighted by Crippen LogP contribution is 2.23. The van der Waals surface area contributed by atoms with Crippen molar-refractivity contribution >= 4 is 11.7 Å². The fourth-order valence-electron chi connectivity index (χ4n) is 2.52. The number of amides is 1. The van der Waals surface area contributed by atoms with Crippen LogP contribution in [0, 0.1) is 6.92 Å². The van der Waals surface area contributed by atoms with E-state index in [1.807, 2.05) is 6.20 Å². The van der Waals surface area contributed by atoms with Gasteiger partial charge in [0.05, 0.1) is 20.8 Å². The number of nitrogens with zero attached hydrogens (tertiary/aromatic N) is 2. The van der Waals surface area contributed by atoms with E-state index < -0.39 is 0 Å². The van der Waals surface area contributed by atoms with Crippen LogP contribution in [0.3, 0.4) is 0 Å². The first-order valence-corrected chi connectivity index (χ1v) is 8.21. The molecule has 0 bridgehead atoms. The maximum atomic E-state index is 12.5. The topological polar surface area (TPSA) is 65.4 Å². The van der Waals surface area contributed by atoms with Gasteiger partial charge < -0.3 is 14.8 Å². The van der Waals surface area contributed by atoms with E-state index in [0.29, 0.717) is 29.4 Å². The van der Waals surface area contributed by atoms with Crippen molar-refractivity contribution in [3.63, 3.8) is 0 Å². The Morgan fingerprint density at radius 2 is 1.69 bits per heavy atom. The monoisotopic (exact) mass is 351 g/mol. The van der Waals surface area contributed by atoms with Crippen molar-refractivity contribution in [3.8, 4) is 11.5 Å². The number of hydrogen-bond donors (Lipinski definition) is 1. The molecule has 0 aliphatic rings. The Hall–Kier alpha value is -3.28. The number of carbonyl (C=O) groups excluding carboxylic acids is 1. The number of hydrogen-bond acceptors (Lipinski definition) is 4. The molecule has 0 atom stereocenters. The minimum absolute atomic E-state index is 0.275. The second-order valence-corrected chi connectivity index (χ2v) is 5.94. The highest BCUT2D eigenvalue weighted by atomic mass is 16.5. The van der Waals surface area contributed by atoms with Gasteiger partial charge in [0, 0.05) is 23.9 Å². The third-order valence-corrected chi connectivity index (χ3v) is 3.96. The van der Waals surface area contributed by atoms with Gasteiger partial charge in [0.1, 0.15) is 11.5 Å². The second-order valence-electron chi connectivity index (χ2n) is 5.94. The van der Waals surface area contributed by atoms with Crippen molar-refractivity contribution < 1.29 is 14.3 Å². The molecule has 0 spiro atoms. The highest BCUT2D eigenvalue weighted by Gasteiger charge is 2.11. The van der Waals surface area contributed by atoms with E-state index in [2.05, 4.69) is 41.6 Å². The molecule has 0 aliphatic carbocycles. The first-order valence-electron chi connectivity index (χ1n) is 8.21. The van der Waals surface area contributed by atoms with Crippen LogP contribution in [0.4, 0.5) is 5.82 Å². The molecule has 26 heavy (non-hydrogen) atoms. The van der Waals surface area contributed by atoms with Gasteiger partial charge in [-0.3, -0.25) is 9.48 Å². The number of aromatic nitrogens is 2. The summed E-state index contributed by atoms with van der Waals surface area (Å²) >= 11 is 0. The summed E-state index contributed by atoms with van der Waals surface area (Å²) in [5.41, 5.74) is 2.80. The number of anilines is 1. The lowest BCUT2D eigenvalue weighted by atomic mass is 10.1. The summed E-state index contributed by atoms with van der Waals surface area (Å²) in [6.45, 7) is 2.70. The molecule has 3 aromatic rings. The summed E-state index contributed by atoms with van der Waals surface area (Å²) in [6, 6.07) is 15.1. The second kappa shape index (κ2) is 7.74. The van der Waals surface area contributed by atoms with Crippen LogP contribution in [0.5, 0.6) is 11.5 Å². The van der Waals surface area contributed by atoms with Crippen molar-refractivity contribution in [1.82, 2.24) is 9.78 Å². The average molecular weight is 351 g/mol. The number of carbonyl (C=O) groups is 1. The van der Waals surface area contributed by atoms with Crippen molar-refractivity contribution in [2.75, 3.05) is 19.5 Å². The standard InChI is InChI=1S/C20H21N3O3/c1-14-4-6-15(7-5-14)13-23-9-8-19(22-23)21-20(24)16-10-17(25-2)12-18(11-16)26-3/h4-12H,13H2,1-3H3,(H,21,22,24). The zero-order valence-electron chi connectivity index (χ0n) is 15.0. The fourth-order valence-corrected chi connectivity index (χ4v) is 2.52. The molecule has 134 valence electrons. The van der Waals surface area contributed by atoms with Crippen molar-refractivity contribution in [1.29, 1.82) is 0 Å². The minimum Gasteiger partial charge on any atom is -0.497 e. The maximum absolute atomic E-state index is 12.5. The summed E-state index contributed by atoms with van der Waals surface area (Å²) in [4.78, 5) is 12.5. The first kappa shape index (κ1) is 17.5. The molecule has 1 aromatic heterocycles. The van der Waals surface area contributed by atoms with E-state index in [4.69, 9.17) is 9.47 Å². The van der Waals surface area contributed by atoms with Crippen molar-refractivity contribution in [2.45, 2.75) is 13.5 Å². The highest BCUT2D eigenvalue weighted by molar-refractivity contribution is 6.04. The van der Waals surface area contributed by atoms with Crippen molar-refractivity contribution in [2.24, 2.45) is 0 Å². The SMILES string of the molecule is COc1cc(OC)cc(C(=O)Nc2ccn(Cc3ccc(C)cc3)n2)c1. The van der Waals surface area contributed by atoms with E-state index >= 15 is 0 Å². The molecule has 0 fully saturated rings. The van der Waals surface area contributed by atoms with E-state index in [0.717, 1.165) is 5.56 Å². The average Bonchev–Trinajstić information content (AvgIpc) is 3.09. The van der Waals surface area contributed by atoms with Gasteiger partial charge in [-0.1, -0.05) is 29.8 Å². The molecular formula is C20H21N3O3. The Balaban J connectivity index is 1.70. The van der Waals surface area contributed by atoms with Crippen LogP contribution in [0.2, 0.25) is 0 Å². The Morgan fingerprint density at radius 3 is 2.31 bits per heavy atom. The van der Waals surface area contributed by atoms with E-state index in [9.17, 15) is 4.79 Å². The Labute approximate surface area is 152 Å². The predicted molar refractivity (Wildman–Crippen MR) is 100 cm³/mol. The molecular weight excluding hydrogens is 330 g/mol. The number of aryl methyl sites for hydroxylation is 1. The molecule has 3 rings (SSSR count). The number of benzene rings is 2. The van der Waals surface area contributed by atoms with Gasteiger partial charge >= 0.3 is 0 Å². The van der Waals surface area contributed by atoms with Gasteiger partial charge in [0.2, 0.25) is 0 Å². The van der Waals surface area contributed by atoms with Crippen LogP contribution in [0.25, 0.3) is 0 Å². The molecule has 6 nitrogen and oxygen atoms in total. The molecule has 1 amide bonds. The molecule has 0 aliphatic heterocycles. The molecule has 0 saturated heterocycles.